The predicted octanol–water partition coefficient (Wildman–Crippen LogP) is 1.40. The number of ether oxygens (including phenoxy) is 3. The van der Waals surface area contributed by atoms with Gasteiger partial charge in [-0.15, -0.1) is 0 Å². The molecular weight excluding hydrogens is 280 g/mol. The van der Waals surface area contributed by atoms with E-state index in [2.05, 4.69) is 0 Å². The van der Waals surface area contributed by atoms with E-state index in [0.717, 1.165) is 27.3 Å². The Morgan fingerprint density at radius 3 is 2.68 bits per heavy atom. The van der Waals surface area contributed by atoms with Crippen LogP contribution in [0.2, 0.25) is 0 Å². The number of rotatable bonds is 3. The number of hydrogen-bond acceptors (Lipinski definition) is 4. The van der Waals surface area contributed by atoms with Crippen molar-refractivity contribution < 1.29 is 19.0 Å². The van der Waals surface area contributed by atoms with E-state index < -0.39 is 5.97 Å². The first-order valence-corrected chi connectivity index (χ1v) is 7.28. The molecule has 0 aromatic heterocycles. The maximum atomic E-state index is 12.2. The highest BCUT2D eigenvalue weighted by molar-refractivity contribution is 6.07. The van der Waals surface area contributed by atoms with E-state index in [4.69, 9.17) is 14.2 Å². The molecule has 1 heterocycles. The Hall–Kier alpha value is -2.49. The van der Waals surface area contributed by atoms with Crippen LogP contribution < -0.4 is 10.4 Å². The number of fused-ring (bicyclic) bond motifs is 2. The standard InChI is InChI=1S/C18H18O4/c1-4-21-18(19)17-13-8-6-5-7-12(13)16-11(2)14(20-3)9-10-15(16)22-17/h5-10,15H,4H2,1-3H3. The van der Waals surface area contributed by atoms with Crippen LogP contribution in [0.5, 0.6) is 0 Å². The van der Waals surface area contributed by atoms with Crippen LogP contribution >= 0.6 is 0 Å². The molecule has 2 aliphatic rings. The molecule has 1 aromatic carbocycles. The molecule has 1 aliphatic carbocycles. The lowest BCUT2D eigenvalue weighted by Crippen LogP contribution is -2.41. The lowest BCUT2D eigenvalue weighted by atomic mass is 9.91. The number of hydrogen-bond donors (Lipinski definition) is 0. The van der Waals surface area contributed by atoms with Gasteiger partial charge in [-0.25, -0.2) is 4.79 Å². The molecule has 22 heavy (non-hydrogen) atoms. The zero-order valence-corrected chi connectivity index (χ0v) is 12.9. The molecule has 0 N–H and O–H groups in total. The van der Waals surface area contributed by atoms with Gasteiger partial charge in [0.05, 0.1) is 13.7 Å². The molecular formula is C18H18O4. The average molecular weight is 298 g/mol. The summed E-state index contributed by atoms with van der Waals surface area (Å²) in [6.07, 6.45) is 3.48. The van der Waals surface area contributed by atoms with Crippen molar-refractivity contribution in [1.29, 1.82) is 0 Å². The van der Waals surface area contributed by atoms with Crippen LogP contribution in [0.1, 0.15) is 13.8 Å². The van der Waals surface area contributed by atoms with Crippen LogP contribution in [0.25, 0.3) is 11.3 Å². The van der Waals surface area contributed by atoms with Gasteiger partial charge in [0.25, 0.3) is 0 Å². The third kappa shape index (κ3) is 2.21. The highest BCUT2D eigenvalue weighted by Gasteiger charge is 2.29. The second-order valence-electron chi connectivity index (χ2n) is 5.10. The van der Waals surface area contributed by atoms with Crippen molar-refractivity contribution >= 4 is 17.3 Å². The smallest absolute Gasteiger partial charge is 0.374 e. The Kier molecular flexibility index (Phi) is 3.75. The molecule has 114 valence electrons. The van der Waals surface area contributed by atoms with Crippen molar-refractivity contribution in [1.82, 2.24) is 0 Å². The minimum absolute atomic E-state index is 0.268. The van der Waals surface area contributed by atoms with Crippen molar-refractivity contribution in [3.63, 3.8) is 0 Å². The van der Waals surface area contributed by atoms with Gasteiger partial charge in [-0.1, -0.05) is 24.3 Å². The first kappa shape index (κ1) is 14.4. The zero-order valence-electron chi connectivity index (χ0n) is 12.9. The number of esters is 1. The quantitative estimate of drug-likeness (QED) is 0.791. The number of methoxy groups -OCH3 is 1. The van der Waals surface area contributed by atoms with Crippen LogP contribution in [0.15, 0.2) is 47.7 Å². The third-order valence-corrected chi connectivity index (χ3v) is 3.87. The molecule has 1 atom stereocenters. The minimum Gasteiger partial charge on any atom is -0.496 e. The van der Waals surface area contributed by atoms with Crippen molar-refractivity contribution in [2.45, 2.75) is 20.0 Å². The number of allylic oxidation sites excluding steroid dienone is 1. The summed E-state index contributed by atoms with van der Waals surface area (Å²) in [6.45, 7) is 4.10. The highest BCUT2D eigenvalue weighted by atomic mass is 16.6. The largest absolute Gasteiger partial charge is 0.496 e. The summed E-state index contributed by atoms with van der Waals surface area (Å²) < 4.78 is 16.4. The normalized spacial score (nSPS) is 19.3. The molecule has 0 saturated heterocycles. The molecule has 4 heteroatoms. The molecule has 1 unspecified atom stereocenters. The summed E-state index contributed by atoms with van der Waals surface area (Å²) in [6, 6.07) is 7.71. The molecule has 0 amide bonds. The van der Waals surface area contributed by atoms with Crippen LogP contribution in [0.4, 0.5) is 0 Å². The maximum absolute atomic E-state index is 12.2. The first-order chi connectivity index (χ1) is 10.7. The first-order valence-electron chi connectivity index (χ1n) is 7.28. The van der Waals surface area contributed by atoms with Gasteiger partial charge in [0, 0.05) is 10.8 Å². The van der Waals surface area contributed by atoms with Gasteiger partial charge in [-0.3, -0.25) is 0 Å². The monoisotopic (exact) mass is 298 g/mol. The second kappa shape index (κ2) is 5.72. The Morgan fingerprint density at radius 1 is 1.27 bits per heavy atom. The van der Waals surface area contributed by atoms with E-state index in [1.165, 1.54) is 0 Å². The fraction of sp³-hybridized carbons (Fsp3) is 0.278. The van der Waals surface area contributed by atoms with E-state index >= 15 is 0 Å². The Morgan fingerprint density at radius 2 is 2.00 bits per heavy atom. The SMILES string of the molecule is CCOC(=O)C1=c2ccccc2=C2C(C)=C(OC)C=CC2O1. The van der Waals surface area contributed by atoms with Gasteiger partial charge in [0.15, 0.2) is 0 Å². The molecule has 0 radical (unpaired) electrons. The molecule has 4 nitrogen and oxygen atoms in total. The third-order valence-electron chi connectivity index (χ3n) is 3.87. The topological polar surface area (TPSA) is 44.8 Å². The highest BCUT2D eigenvalue weighted by Crippen LogP contribution is 2.30. The van der Waals surface area contributed by atoms with Crippen LogP contribution in [0.3, 0.4) is 0 Å². The molecule has 0 saturated carbocycles. The average Bonchev–Trinajstić information content (AvgIpc) is 2.54. The Balaban J connectivity index is 2.32. The molecule has 1 aromatic rings. The summed E-state index contributed by atoms with van der Waals surface area (Å²) in [5, 5.41) is 1.75. The Labute approximate surface area is 129 Å². The molecule has 1 aliphatic heterocycles. The van der Waals surface area contributed by atoms with Gasteiger partial charge < -0.3 is 14.2 Å². The molecule has 3 rings (SSSR count). The van der Waals surface area contributed by atoms with Crippen molar-refractivity contribution in [3.8, 4) is 0 Å². The van der Waals surface area contributed by atoms with Gasteiger partial charge in [0.1, 0.15) is 11.9 Å². The van der Waals surface area contributed by atoms with Crippen molar-refractivity contribution in [2.75, 3.05) is 13.7 Å². The fourth-order valence-corrected chi connectivity index (χ4v) is 2.88. The minimum atomic E-state index is -0.429. The lowest BCUT2D eigenvalue weighted by molar-refractivity contribution is -0.138. The lowest BCUT2D eigenvalue weighted by Gasteiger charge is -2.28. The van der Waals surface area contributed by atoms with Crippen LogP contribution in [-0.4, -0.2) is 25.8 Å². The van der Waals surface area contributed by atoms with E-state index in [9.17, 15) is 4.79 Å². The number of carbonyl (C=O) groups excluding carboxylic acids is 1. The van der Waals surface area contributed by atoms with Crippen molar-refractivity contribution in [3.05, 3.63) is 58.2 Å². The summed E-state index contributed by atoms with van der Waals surface area (Å²) in [4.78, 5) is 12.2. The molecule has 0 spiro atoms. The molecule has 0 fully saturated rings. The molecule has 0 bridgehead atoms. The number of carbonyl (C=O) groups is 1. The van der Waals surface area contributed by atoms with Crippen LogP contribution in [-0.2, 0) is 19.0 Å². The van der Waals surface area contributed by atoms with Gasteiger partial charge in [0.2, 0.25) is 5.76 Å². The van der Waals surface area contributed by atoms with E-state index in [1.807, 2.05) is 43.3 Å². The van der Waals surface area contributed by atoms with Crippen molar-refractivity contribution in [2.24, 2.45) is 0 Å². The summed E-state index contributed by atoms with van der Waals surface area (Å²) in [7, 11) is 1.65. The fourth-order valence-electron chi connectivity index (χ4n) is 2.88. The summed E-state index contributed by atoms with van der Waals surface area (Å²) in [5.74, 6) is 0.648. The van der Waals surface area contributed by atoms with E-state index in [1.54, 1.807) is 14.0 Å². The predicted molar refractivity (Wildman–Crippen MR) is 82.9 cm³/mol. The summed E-state index contributed by atoms with van der Waals surface area (Å²) in [5.41, 5.74) is 2.05. The second-order valence-corrected chi connectivity index (χ2v) is 5.10. The van der Waals surface area contributed by atoms with Gasteiger partial charge in [-0.2, -0.15) is 0 Å². The van der Waals surface area contributed by atoms with Gasteiger partial charge in [-0.05, 0) is 36.8 Å². The number of benzene rings is 1. The Bertz CT molecular complexity index is 799. The van der Waals surface area contributed by atoms with Crippen LogP contribution in [0, 0.1) is 0 Å². The summed E-state index contributed by atoms with van der Waals surface area (Å²) >= 11 is 0. The zero-order chi connectivity index (χ0) is 15.7. The van der Waals surface area contributed by atoms with E-state index in [-0.39, 0.29) is 11.9 Å². The van der Waals surface area contributed by atoms with Gasteiger partial charge >= 0.3 is 5.97 Å². The van der Waals surface area contributed by atoms with E-state index in [0.29, 0.717) is 6.61 Å². The maximum Gasteiger partial charge on any atom is 0.374 e.